The molecule has 2 aromatic rings. The van der Waals surface area contributed by atoms with Crippen LogP contribution in [0.5, 0.6) is 0 Å². The zero-order chi connectivity index (χ0) is 17.7. The van der Waals surface area contributed by atoms with Gasteiger partial charge in [0.15, 0.2) is 0 Å². The maximum absolute atomic E-state index is 12.5. The van der Waals surface area contributed by atoms with Crippen molar-refractivity contribution in [2.24, 2.45) is 5.41 Å². The fourth-order valence-corrected chi connectivity index (χ4v) is 3.52. The van der Waals surface area contributed by atoms with Gasteiger partial charge in [0.1, 0.15) is 0 Å². The number of hydrogen-bond acceptors (Lipinski definition) is 2. The van der Waals surface area contributed by atoms with Crippen LogP contribution < -0.4 is 0 Å². The summed E-state index contributed by atoms with van der Waals surface area (Å²) in [6.45, 7) is 1.01. The predicted molar refractivity (Wildman–Crippen MR) is 96.2 cm³/mol. The van der Waals surface area contributed by atoms with Crippen LogP contribution in [0.2, 0.25) is 0 Å². The molecule has 0 aliphatic carbocycles. The second-order valence-corrected chi connectivity index (χ2v) is 6.79. The van der Waals surface area contributed by atoms with Gasteiger partial charge in [0, 0.05) is 13.1 Å². The van der Waals surface area contributed by atoms with E-state index in [0.29, 0.717) is 38.8 Å². The number of carboxylic acids is 1. The molecule has 0 saturated carbocycles. The van der Waals surface area contributed by atoms with Crippen molar-refractivity contribution in [2.45, 2.75) is 25.7 Å². The van der Waals surface area contributed by atoms with E-state index < -0.39 is 11.4 Å². The van der Waals surface area contributed by atoms with Crippen LogP contribution in [-0.2, 0) is 22.4 Å². The molecule has 130 valence electrons. The number of amides is 1. The minimum absolute atomic E-state index is 0.0740. The largest absolute Gasteiger partial charge is 0.481 e. The highest BCUT2D eigenvalue weighted by molar-refractivity contribution is 5.80. The van der Waals surface area contributed by atoms with E-state index in [-0.39, 0.29) is 5.91 Å². The number of likely N-dealkylation sites (tertiary alicyclic amines) is 1. The molecule has 4 nitrogen and oxygen atoms in total. The molecule has 2 aromatic carbocycles. The van der Waals surface area contributed by atoms with Gasteiger partial charge in [0.2, 0.25) is 5.91 Å². The molecule has 0 spiro atoms. The smallest absolute Gasteiger partial charge is 0.310 e. The van der Waals surface area contributed by atoms with Gasteiger partial charge in [-0.3, -0.25) is 9.59 Å². The maximum Gasteiger partial charge on any atom is 0.310 e. The lowest BCUT2D eigenvalue weighted by Gasteiger charge is -2.39. The van der Waals surface area contributed by atoms with Gasteiger partial charge in [0.05, 0.1) is 11.8 Å². The number of carbonyl (C=O) groups excluding carboxylic acids is 1. The fourth-order valence-electron chi connectivity index (χ4n) is 3.52. The molecule has 0 unspecified atom stereocenters. The average Bonchev–Trinajstić information content (AvgIpc) is 2.64. The number of benzene rings is 2. The highest BCUT2D eigenvalue weighted by Crippen LogP contribution is 2.35. The number of carboxylic acid groups (broad SMARTS) is 1. The molecule has 1 amide bonds. The molecular weight excluding hydrogens is 314 g/mol. The Morgan fingerprint density at radius 1 is 0.880 bits per heavy atom. The molecule has 1 saturated heterocycles. The SMILES string of the molecule is O=C(Cc1ccccc1)N1CCC(Cc2ccccc2)(C(=O)O)CC1. The summed E-state index contributed by atoms with van der Waals surface area (Å²) < 4.78 is 0. The summed E-state index contributed by atoms with van der Waals surface area (Å²) in [5, 5.41) is 9.81. The number of rotatable bonds is 5. The molecule has 3 rings (SSSR count). The first-order valence-electron chi connectivity index (χ1n) is 8.68. The molecule has 1 N–H and O–H groups in total. The van der Waals surface area contributed by atoms with E-state index >= 15 is 0 Å². The monoisotopic (exact) mass is 337 g/mol. The molecular formula is C21H23NO3. The second kappa shape index (κ2) is 7.51. The number of carbonyl (C=O) groups is 2. The van der Waals surface area contributed by atoms with E-state index in [1.54, 1.807) is 4.90 Å². The molecule has 1 heterocycles. The van der Waals surface area contributed by atoms with Gasteiger partial charge in [-0.15, -0.1) is 0 Å². The summed E-state index contributed by atoms with van der Waals surface area (Å²) in [5.74, 6) is -0.684. The standard InChI is InChI=1S/C21H23NO3/c23-19(15-17-7-3-1-4-8-17)22-13-11-21(12-14-22,20(24)25)16-18-9-5-2-6-10-18/h1-10H,11-16H2,(H,24,25). The Hall–Kier alpha value is -2.62. The van der Waals surface area contributed by atoms with Crippen molar-refractivity contribution in [1.29, 1.82) is 0 Å². The molecule has 0 bridgehead atoms. The number of hydrogen-bond donors (Lipinski definition) is 1. The van der Waals surface area contributed by atoms with Gasteiger partial charge < -0.3 is 10.0 Å². The van der Waals surface area contributed by atoms with Crippen molar-refractivity contribution in [3.8, 4) is 0 Å². The predicted octanol–water partition coefficient (Wildman–Crippen LogP) is 3.17. The Kier molecular flexibility index (Phi) is 5.17. The summed E-state index contributed by atoms with van der Waals surface area (Å²) in [5.41, 5.74) is 1.26. The molecule has 1 aliphatic heterocycles. The van der Waals surface area contributed by atoms with Crippen molar-refractivity contribution in [2.75, 3.05) is 13.1 Å². The van der Waals surface area contributed by atoms with E-state index in [1.165, 1.54) is 0 Å². The van der Waals surface area contributed by atoms with Gasteiger partial charge >= 0.3 is 5.97 Å². The Morgan fingerprint density at radius 3 is 1.92 bits per heavy atom. The van der Waals surface area contributed by atoms with Crippen LogP contribution in [0, 0.1) is 5.41 Å². The molecule has 0 aromatic heterocycles. The third-order valence-corrected chi connectivity index (χ3v) is 5.11. The van der Waals surface area contributed by atoms with Gasteiger partial charge in [0.25, 0.3) is 0 Å². The number of piperidine rings is 1. The highest BCUT2D eigenvalue weighted by atomic mass is 16.4. The summed E-state index contributed by atoms with van der Waals surface area (Å²) in [6.07, 6.45) is 1.89. The number of aliphatic carboxylic acids is 1. The van der Waals surface area contributed by atoms with E-state index in [9.17, 15) is 14.7 Å². The topological polar surface area (TPSA) is 57.6 Å². The van der Waals surface area contributed by atoms with Crippen LogP contribution in [-0.4, -0.2) is 35.0 Å². The first-order valence-corrected chi connectivity index (χ1v) is 8.68. The summed E-state index contributed by atoms with van der Waals surface area (Å²) in [6, 6.07) is 19.4. The minimum atomic E-state index is -0.773. The highest BCUT2D eigenvalue weighted by Gasteiger charge is 2.42. The first-order chi connectivity index (χ1) is 12.1. The quantitative estimate of drug-likeness (QED) is 0.912. The zero-order valence-electron chi connectivity index (χ0n) is 14.2. The molecule has 0 atom stereocenters. The van der Waals surface area contributed by atoms with Gasteiger partial charge in [-0.1, -0.05) is 60.7 Å². The van der Waals surface area contributed by atoms with Gasteiger partial charge in [-0.25, -0.2) is 0 Å². The lowest BCUT2D eigenvalue weighted by Crippen LogP contribution is -2.48. The van der Waals surface area contributed by atoms with Crippen molar-refractivity contribution >= 4 is 11.9 Å². The third kappa shape index (κ3) is 4.08. The molecule has 0 radical (unpaired) electrons. The van der Waals surface area contributed by atoms with Crippen LogP contribution >= 0.6 is 0 Å². The first kappa shape index (κ1) is 17.2. The minimum Gasteiger partial charge on any atom is -0.481 e. The Balaban J connectivity index is 1.64. The van der Waals surface area contributed by atoms with E-state index in [4.69, 9.17) is 0 Å². The van der Waals surface area contributed by atoms with E-state index in [1.807, 2.05) is 60.7 Å². The van der Waals surface area contributed by atoms with E-state index in [2.05, 4.69) is 0 Å². The van der Waals surface area contributed by atoms with Crippen molar-refractivity contribution in [3.05, 3.63) is 71.8 Å². The average molecular weight is 337 g/mol. The van der Waals surface area contributed by atoms with Crippen LogP contribution in [0.4, 0.5) is 0 Å². The Bertz CT molecular complexity index is 719. The summed E-state index contributed by atoms with van der Waals surface area (Å²) in [7, 11) is 0. The second-order valence-electron chi connectivity index (χ2n) is 6.79. The number of nitrogens with zero attached hydrogens (tertiary/aromatic N) is 1. The van der Waals surface area contributed by atoms with Gasteiger partial charge in [-0.05, 0) is 30.4 Å². The lowest BCUT2D eigenvalue weighted by molar-refractivity contribution is -0.154. The fraction of sp³-hybridized carbons (Fsp3) is 0.333. The Labute approximate surface area is 148 Å². The van der Waals surface area contributed by atoms with Crippen LogP contribution in [0.25, 0.3) is 0 Å². The maximum atomic E-state index is 12.5. The van der Waals surface area contributed by atoms with Crippen molar-refractivity contribution < 1.29 is 14.7 Å². The third-order valence-electron chi connectivity index (χ3n) is 5.11. The van der Waals surface area contributed by atoms with Crippen molar-refractivity contribution in [3.63, 3.8) is 0 Å². The van der Waals surface area contributed by atoms with Crippen LogP contribution in [0.3, 0.4) is 0 Å². The van der Waals surface area contributed by atoms with Crippen LogP contribution in [0.1, 0.15) is 24.0 Å². The van der Waals surface area contributed by atoms with E-state index in [0.717, 1.165) is 11.1 Å². The molecule has 1 fully saturated rings. The summed E-state index contributed by atoms with van der Waals surface area (Å²) in [4.78, 5) is 26.2. The molecule has 1 aliphatic rings. The normalized spacial score (nSPS) is 16.4. The summed E-state index contributed by atoms with van der Waals surface area (Å²) >= 11 is 0. The lowest BCUT2D eigenvalue weighted by atomic mass is 9.73. The van der Waals surface area contributed by atoms with Crippen molar-refractivity contribution in [1.82, 2.24) is 4.90 Å². The molecule has 25 heavy (non-hydrogen) atoms. The Morgan fingerprint density at radius 2 is 1.40 bits per heavy atom. The zero-order valence-corrected chi connectivity index (χ0v) is 14.2. The van der Waals surface area contributed by atoms with Crippen LogP contribution in [0.15, 0.2) is 60.7 Å². The molecule has 4 heteroatoms. The van der Waals surface area contributed by atoms with Gasteiger partial charge in [-0.2, -0.15) is 0 Å².